The summed E-state index contributed by atoms with van der Waals surface area (Å²) in [6, 6.07) is 6.39. The SMILES string of the molecule is O=C(Cc1ccc(F)cc1F)Nc1ccncc1. The average Bonchev–Trinajstić information content (AvgIpc) is 2.34. The van der Waals surface area contributed by atoms with Gasteiger partial charge in [-0.3, -0.25) is 9.78 Å². The second kappa shape index (κ2) is 5.35. The number of nitrogens with one attached hydrogen (secondary N) is 1. The molecule has 0 atom stereocenters. The summed E-state index contributed by atoms with van der Waals surface area (Å²) in [5, 5.41) is 2.59. The van der Waals surface area contributed by atoms with Crippen LogP contribution >= 0.6 is 0 Å². The molecule has 0 fully saturated rings. The van der Waals surface area contributed by atoms with Crippen molar-refractivity contribution in [3.8, 4) is 0 Å². The minimum atomic E-state index is -0.722. The fourth-order valence-corrected chi connectivity index (χ4v) is 1.48. The van der Waals surface area contributed by atoms with Crippen LogP contribution in [0.25, 0.3) is 0 Å². The molecule has 92 valence electrons. The number of carbonyl (C=O) groups excluding carboxylic acids is 1. The zero-order valence-electron chi connectivity index (χ0n) is 9.36. The van der Waals surface area contributed by atoms with Gasteiger partial charge in [-0.1, -0.05) is 6.07 Å². The van der Waals surface area contributed by atoms with Crippen LogP contribution in [0.1, 0.15) is 5.56 Å². The minimum Gasteiger partial charge on any atom is -0.326 e. The van der Waals surface area contributed by atoms with Crippen molar-refractivity contribution in [2.75, 3.05) is 5.32 Å². The van der Waals surface area contributed by atoms with Crippen LogP contribution in [0.15, 0.2) is 42.7 Å². The lowest BCUT2D eigenvalue weighted by Crippen LogP contribution is -2.15. The van der Waals surface area contributed by atoms with Gasteiger partial charge in [0.25, 0.3) is 0 Å². The van der Waals surface area contributed by atoms with E-state index in [4.69, 9.17) is 0 Å². The lowest BCUT2D eigenvalue weighted by Gasteiger charge is -2.05. The van der Waals surface area contributed by atoms with Crippen molar-refractivity contribution in [2.24, 2.45) is 0 Å². The highest BCUT2D eigenvalue weighted by Gasteiger charge is 2.09. The molecular weight excluding hydrogens is 238 g/mol. The van der Waals surface area contributed by atoms with E-state index in [9.17, 15) is 13.6 Å². The van der Waals surface area contributed by atoms with Gasteiger partial charge in [-0.15, -0.1) is 0 Å². The van der Waals surface area contributed by atoms with Crippen molar-refractivity contribution in [1.82, 2.24) is 4.98 Å². The largest absolute Gasteiger partial charge is 0.326 e. The normalized spacial score (nSPS) is 10.1. The van der Waals surface area contributed by atoms with Crippen molar-refractivity contribution in [1.29, 1.82) is 0 Å². The summed E-state index contributed by atoms with van der Waals surface area (Å²) in [4.78, 5) is 15.4. The lowest BCUT2D eigenvalue weighted by atomic mass is 10.1. The molecule has 18 heavy (non-hydrogen) atoms. The number of benzene rings is 1. The number of nitrogens with zero attached hydrogens (tertiary/aromatic N) is 1. The number of pyridine rings is 1. The van der Waals surface area contributed by atoms with Crippen LogP contribution in [-0.2, 0) is 11.2 Å². The van der Waals surface area contributed by atoms with Crippen LogP contribution in [0.2, 0.25) is 0 Å². The zero-order chi connectivity index (χ0) is 13.0. The van der Waals surface area contributed by atoms with E-state index in [0.717, 1.165) is 12.1 Å². The van der Waals surface area contributed by atoms with Crippen molar-refractivity contribution < 1.29 is 13.6 Å². The monoisotopic (exact) mass is 248 g/mol. The minimum absolute atomic E-state index is 0.144. The van der Waals surface area contributed by atoms with Crippen LogP contribution in [0.5, 0.6) is 0 Å². The number of carbonyl (C=O) groups is 1. The number of hydrogen-bond donors (Lipinski definition) is 1. The molecular formula is C13H10F2N2O. The predicted molar refractivity (Wildman–Crippen MR) is 62.9 cm³/mol. The molecule has 0 aliphatic heterocycles. The van der Waals surface area contributed by atoms with Gasteiger partial charge in [0.05, 0.1) is 6.42 Å². The maximum Gasteiger partial charge on any atom is 0.228 e. The molecule has 0 saturated heterocycles. The summed E-state index contributed by atoms with van der Waals surface area (Å²) in [5.41, 5.74) is 0.737. The maximum absolute atomic E-state index is 13.3. The van der Waals surface area contributed by atoms with E-state index in [2.05, 4.69) is 10.3 Å². The molecule has 0 unspecified atom stereocenters. The second-order valence-electron chi connectivity index (χ2n) is 3.70. The first-order chi connectivity index (χ1) is 8.65. The van der Waals surface area contributed by atoms with E-state index in [0.29, 0.717) is 5.69 Å². The van der Waals surface area contributed by atoms with Crippen molar-refractivity contribution >= 4 is 11.6 Å². The zero-order valence-corrected chi connectivity index (χ0v) is 9.36. The maximum atomic E-state index is 13.3. The molecule has 0 spiro atoms. The predicted octanol–water partition coefficient (Wildman–Crippen LogP) is 2.54. The van der Waals surface area contributed by atoms with Crippen LogP contribution in [-0.4, -0.2) is 10.9 Å². The second-order valence-corrected chi connectivity index (χ2v) is 3.70. The van der Waals surface area contributed by atoms with Crippen LogP contribution in [0, 0.1) is 11.6 Å². The first-order valence-electron chi connectivity index (χ1n) is 5.29. The van der Waals surface area contributed by atoms with Crippen LogP contribution in [0.3, 0.4) is 0 Å². The molecule has 1 heterocycles. The van der Waals surface area contributed by atoms with Gasteiger partial charge >= 0.3 is 0 Å². The first-order valence-corrected chi connectivity index (χ1v) is 5.29. The third kappa shape index (κ3) is 3.10. The van der Waals surface area contributed by atoms with Gasteiger partial charge in [0.1, 0.15) is 11.6 Å². The topological polar surface area (TPSA) is 42.0 Å². The molecule has 1 aromatic carbocycles. The highest BCUT2D eigenvalue weighted by Crippen LogP contribution is 2.11. The Morgan fingerprint density at radius 3 is 2.56 bits per heavy atom. The number of amides is 1. The molecule has 2 aromatic rings. The van der Waals surface area contributed by atoms with E-state index >= 15 is 0 Å². The molecule has 0 aliphatic carbocycles. The molecule has 0 bridgehead atoms. The third-order valence-electron chi connectivity index (χ3n) is 2.33. The Kier molecular flexibility index (Phi) is 3.62. The highest BCUT2D eigenvalue weighted by molar-refractivity contribution is 5.92. The summed E-state index contributed by atoms with van der Waals surface area (Å²) in [6.45, 7) is 0. The standard InChI is InChI=1S/C13H10F2N2O/c14-10-2-1-9(12(15)8-10)7-13(18)17-11-3-5-16-6-4-11/h1-6,8H,7H2,(H,16,17,18). The molecule has 1 aromatic heterocycles. The fourth-order valence-electron chi connectivity index (χ4n) is 1.48. The highest BCUT2D eigenvalue weighted by atomic mass is 19.1. The number of hydrogen-bond acceptors (Lipinski definition) is 2. The third-order valence-corrected chi connectivity index (χ3v) is 2.33. The molecule has 0 radical (unpaired) electrons. The molecule has 2 rings (SSSR count). The van der Waals surface area contributed by atoms with Crippen LogP contribution < -0.4 is 5.32 Å². The van der Waals surface area contributed by atoms with E-state index in [1.54, 1.807) is 12.1 Å². The number of aromatic nitrogens is 1. The molecule has 5 heteroatoms. The molecule has 3 nitrogen and oxygen atoms in total. The fraction of sp³-hybridized carbons (Fsp3) is 0.0769. The summed E-state index contributed by atoms with van der Waals surface area (Å²) >= 11 is 0. The van der Waals surface area contributed by atoms with E-state index in [1.807, 2.05) is 0 Å². The Morgan fingerprint density at radius 2 is 1.89 bits per heavy atom. The van der Waals surface area contributed by atoms with E-state index < -0.39 is 11.6 Å². The molecule has 0 saturated carbocycles. The first kappa shape index (κ1) is 12.2. The van der Waals surface area contributed by atoms with Gasteiger partial charge in [0.2, 0.25) is 5.91 Å². The molecule has 0 aliphatic rings. The average molecular weight is 248 g/mol. The van der Waals surface area contributed by atoms with Gasteiger partial charge in [-0.25, -0.2) is 8.78 Å². The smallest absolute Gasteiger partial charge is 0.228 e. The summed E-state index contributed by atoms with van der Waals surface area (Å²) in [7, 11) is 0. The number of anilines is 1. The Morgan fingerprint density at radius 1 is 1.17 bits per heavy atom. The number of rotatable bonds is 3. The summed E-state index contributed by atoms with van der Waals surface area (Å²) in [6.07, 6.45) is 2.93. The summed E-state index contributed by atoms with van der Waals surface area (Å²) < 4.78 is 26.0. The Bertz CT molecular complexity index is 558. The van der Waals surface area contributed by atoms with Gasteiger partial charge in [-0.05, 0) is 23.8 Å². The number of halogens is 2. The lowest BCUT2D eigenvalue weighted by molar-refractivity contribution is -0.115. The van der Waals surface area contributed by atoms with Crippen molar-refractivity contribution in [2.45, 2.75) is 6.42 Å². The summed E-state index contributed by atoms with van der Waals surface area (Å²) in [5.74, 6) is -1.75. The van der Waals surface area contributed by atoms with Gasteiger partial charge < -0.3 is 5.32 Å². The Labute approximate surface area is 102 Å². The molecule has 1 N–H and O–H groups in total. The van der Waals surface area contributed by atoms with Crippen LogP contribution in [0.4, 0.5) is 14.5 Å². The van der Waals surface area contributed by atoms with Crippen molar-refractivity contribution in [3.63, 3.8) is 0 Å². The van der Waals surface area contributed by atoms with E-state index in [1.165, 1.54) is 18.5 Å². The van der Waals surface area contributed by atoms with Gasteiger partial charge in [-0.2, -0.15) is 0 Å². The quantitative estimate of drug-likeness (QED) is 0.906. The van der Waals surface area contributed by atoms with Crippen molar-refractivity contribution in [3.05, 3.63) is 59.9 Å². The van der Waals surface area contributed by atoms with E-state index in [-0.39, 0.29) is 17.9 Å². The Hall–Kier alpha value is -2.30. The molecule has 1 amide bonds. The Balaban J connectivity index is 2.03. The van der Waals surface area contributed by atoms with Gasteiger partial charge in [0.15, 0.2) is 0 Å². The van der Waals surface area contributed by atoms with Gasteiger partial charge in [0, 0.05) is 24.1 Å².